The van der Waals surface area contributed by atoms with Crippen molar-refractivity contribution in [2.45, 2.75) is 18.9 Å². The number of para-hydroxylation sites is 2. The SMILES string of the molecule is O=C(CN1CCN(C(=O)c2ccccc2OCC2CCCO2)CC1)Nc1ccccc1Cl. The van der Waals surface area contributed by atoms with Crippen LogP contribution >= 0.6 is 11.6 Å². The molecule has 0 bridgehead atoms. The van der Waals surface area contributed by atoms with Crippen molar-refractivity contribution < 1.29 is 19.1 Å². The van der Waals surface area contributed by atoms with E-state index in [1.807, 2.05) is 40.1 Å². The second-order valence-electron chi connectivity index (χ2n) is 8.04. The van der Waals surface area contributed by atoms with Crippen molar-refractivity contribution >= 4 is 29.1 Å². The van der Waals surface area contributed by atoms with Gasteiger partial charge in [0.25, 0.3) is 5.91 Å². The molecule has 2 amide bonds. The number of piperazine rings is 1. The summed E-state index contributed by atoms with van der Waals surface area (Å²) in [4.78, 5) is 29.4. The minimum Gasteiger partial charge on any atom is -0.490 e. The second-order valence-corrected chi connectivity index (χ2v) is 8.45. The highest BCUT2D eigenvalue weighted by Crippen LogP contribution is 2.23. The fourth-order valence-corrected chi connectivity index (χ4v) is 4.15. The fourth-order valence-electron chi connectivity index (χ4n) is 3.96. The predicted molar refractivity (Wildman–Crippen MR) is 123 cm³/mol. The molecule has 1 N–H and O–H groups in total. The van der Waals surface area contributed by atoms with Crippen LogP contribution in [0.15, 0.2) is 48.5 Å². The Balaban J connectivity index is 1.28. The van der Waals surface area contributed by atoms with E-state index >= 15 is 0 Å². The van der Waals surface area contributed by atoms with Crippen LogP contribution in [0, 0.1) is 0 Å². The molecule has 1 atom stereocenters. The summed E-state index contributed by atoms with van der Waals surface area (Å²) in [5.41, 5.74) is 1.17. The average molecular weight is 458 g/mol. The summed E-state index contributed by atoms with van der Waals surface area (Å²) in [5, 5.41) is 3.35. The van der Waals surface area contributed by atoms with Crippen LogP contribution in [0.3, 0.4) is 0 Å². The molecule has 7 nitrogen and oxygen atoms in total. The summed E-state index contributed by atoms with van der Waals surface area (Å²) in [6, 6.07) is 14.5. The summed E-state index contributed by atoms with van der Waals surface area (Å²) in [6.45, 7) is 3.85. The summed E-state index contributed by atoms with van der Waals surface area (Å²) < 4.78 is 11.5. The van der Waals surface area contributed by atoms with Crippen LogP contribution in [0.2, 0.25) is 5.02 Å². The van der Waals surface area contributed by atoms with Gasteiger partial charge in [0.2, 0.25) is 5.91 Å². The molecule has 0 spiro atoms. The first-order chi connectivity index (χ1) is 15.6. The van der Waals surface area contributed by atoms with Gasteiger partial charge in [-0.1, -0.05) is 35.9 Å². The van der Waals surface area contributed by atoms with Crippen molar-refractivity contribution in [2.75, 3.05) is 51.3 Å². The van der Waals surface area contributed by atoms with Crippen LogP contribution in [0.5, 0.6) is 5.75 Å². The standard InChI is InChI=1S/C24H28ClN3O4/c25-20-8-2-3-9-21(20)26-23(29)16-27-11-13-28(14-12-27)24(30)19-7-1-4-10-22(19)32-17-18-6-5-15-31-18/h1-4,7-10,18H,5-6,11-17H2,(H,26,29). The van der Waals surface area contributed by atoms with Crippen molar-refractivity contribution in [1.82, 2.24) is 9.80 Å². The molecule has 32 heavy (non-hydrogen) atoms. The topological polar surface area (TPSA) is 71.1 Å². The van der Waals surface area contributed by atoms with E-state index in [0.29, 0.717) is 54.8 Å². The molecule has 8 heteroatoms. The van der Waals surface area contributed by atoms with Gasteiger partial charge in [-0.15, -0.1) is 0 Å². The number of nitrogens with one attached hydrogen (secondary N) is 1. The Bertz CT molecular complexity index is 940. The zero-order valence-corrected chi connectivity index (χ0v) is 18.7. The van der Waals surface area contributed by atoms with Gasteiger partial charge in [0.05, 0.1) is 28.9 Å². The molecule has 2 aromatic rings. The summed E-state index contributed by atoms with van der Waals surface area (Å²) >= 11 is 6.11. The first-order valence-corrected chi connectivity index (χ1v) is 11.4. The maximum Gasteiger partial charge on any atom is 0.257 e. The van der Waals surface area contributed by atoms with Crippen molar-refractivity contribution in [3.8, 4) is 5.75 Å². The highest BCUT2D eigenvalue weighted by Gasteiger charge is 2.26. The van der Waals surface area contributed by atoms with Crippen molar-refractivity contribution in [2.24, 2.45) is 0 Å². The lowest BCUT2D eigenvalue weighted by atomic mass is 10.1. The molecule has 170 valence electrons. The highest BCUT2D eigenvalue weighted by atomic mass is 35.5. The molecule has 0 radical (unpaired) electrons. The monoisotopic (exact) mass is 457 g/mol. The van der Waals surface area contributed by atoms with E-state index in [4.69, 9.17) is 21.1 Å². The molecule has 2 saturated heterocycles. The molecule has 0 aliphatic carbocycles. The Hall–Kier alpha value is -2.61. The molecule has 2 fully saturated rings. The lowest BCUT2D eigenvalue weighted by Crippen LogP contribution is -2.50. The maximum absolute atomic E-state index is 13.1. The summed E-state index contributed by atoms with van der Waals surface area (Å²) in [5.74, 6) is 0.424. The van der Waals surface area contributed by atoms with Gasteiger partial charge in [-0.05, 0) is 37.1 Å². The number of benzene rings is 2. The van der Waals surface area contributed by atoms with Gasteiger partial charge in [0.15, 0.2) is 0 Å². The van der Waals surface area contributed by atoms with E-state index in [1.165, 1.54) is 0 Å². The third-order valence-electron chi connectivity index (χ3n) is 5.74. The number of hydrogen-bond acceptors (Lipinski definition) is 5. The summed E-state index contributed by atoms with van der Waals surface area (Å²) in [6.07, 6.45) is 2.14. The third-order valence-corrected chi connectivity index (χ3v) is 6.07. The molecular weight excluding hydrogens is 430 g/mol. The number of ether oxygens (including phenoxy) is 2. The Morgan fingerprint density at radius 3 is 2.56 bits per heavy atom. The lowest BCUT2D eigenvalue weighted by molar-refractivity contribution is -0.117. The van der Waals surface area contributed by atoms with E-state index in [0.717, 1.165) is 19.4 Å². The summed E-state index contributed by atoms with van der Waals surface area (Å²) in [7, 11) is 0. The molecule has 0 saturated carbocycles. The number of amides is 2. The van der Waals surface area contributed by atoms with Gasteiger partial charge in [-0.3, -0.25) is 14.5 Å². The minimum absolute atomic E-state index is 0.0480. The van der Waals surface area contributed by atoms with Gasteiger partial charge >= 0.3 is 0 Å². The number of carbonyl (C=O) groups is 2. The Morgan fingerprint density at radius 1 is 1.06 bits per heavy atom. The number of halogens is 1. The molecule has 2 heterocycles. The fraction of sp³-hybridized carbons (Fsp3) is 0.417. The lowest BCUT2D eigenvalue weighted by Gasteiger charge is -2.34. The molecule has 4 rings (SSSR count). The van der Waals surface area contributed by atoms with Crippen LogP contribution in [-0.2, 0) is 9.53 Å². The quantitative estimate of drug-likeness (QED) is 0.690. The molecule has 0 aromatic heterocycles. The molecule has 2 aliphatic rings. The number of hydrogen-bond donors (Lipinski definition) is 1. The van der Waals surface area contributed by atoms with Crippen LogP contribution in [0.1, 0.15) is 23.2 Å². The number of anilines is 1. The third kappa shape index (κ3) is 5.79. The van der Waals surface area contributed by atoms with Gasteiger partial charge in [0, 0.05) is 32.8 Å². The maximum atomic E-state index is 13.1. The number of rotatable bonds is 7. The zero-order chi connectivity index (χ0) is 22.3. The minimum atomic E-state index is -0.120. The number of nitrogens with zero attached hydrogens (tertiary/aromatic N) is 2. The Labute approximate surface area is 193 Å². The van der Waals surface area contributed by atoms with Crippen LogP contribution in [0.4, 0.5) is 5.69 Å². The normalized spacial score (nSPS) is 19.0. The second kappa shape index (κ2) is 10.8. The first-order valence-electron chi connectivity index (χ1n) is 11.0. The first kappa shape index (κ1) is 22.6. The van der Waals surface area contributed by atoms with Crippen molar-refractivity contribution in [3.05, 3.63) is 59.1 Å². The smallest absolute Gasteiger partial charge is 0.257 e. The molecule has 2 aromatic carbocycles. The average Bonchev–Trinajstić information content (AvgIpc) is 3.33. The zero-order valence-electron chi connectivity index (χ0n) is 18.0. The van der Waals surface area contributed by atoms with E-state index in [-0.39, 0.29) is 24.5 Å². The van der Waals surface area contributed by atoms with Crippen LogP contribution in [-0.4, -0.2) is 73.7 Å². The number of carbonyl (C=O) groups excluding carboxylic acids is 2. The molecule has 2 aliphatic heterocycles. The van der Waals surface area contributed by atoms with Gasteiger partial charge in [-0.2, -0.15) is 0 Å². The van der Waals surface area contributed by atoms with Gasteiger partial charge in [0.1, 0.15) is 12.4 Å². The van der Waals surface area contributed by atoms with Crippen LogP contribution < -0.4 is 10.1 Å². The Morgan fingerprint density at radius 2 is 1.81 bits per heavy atom. The van der Waals surface area contributed by atoms with Gasteiger partial charge in [-0.25, -0.2) is 0 Å². The highest BCUT2D eigenvalue weighted by molar-refractivity contribution is 6.33. The largest absolute Gasteiger partial charge is 0.490 e. The van der Waals surface area contributed by atoms with Gasteiger partial charge < -0.3 is 19.7 Å². The molecular formula is C24H28ClN3O4. The van der Waals surface area contributed by atoms with E-state index in [1.54, 1.807) is 18.2 Å². The van der Waals surface area contributed by atoms with E-state index in [9.17, 15) is 9.59 Å². The van der Waals surface area contributed by atoms with E-state index in [2.05, 4.69) is 5.32 Å². The van der Waals surface area contributed by atoms with Crippen LogP contribution in [0.25, 0.3) is 0 Å². The van der Waals surface area contributed by atoms with E-state index < -0.39 is 0 Å². The predicted octanol–water partition coefficient (Wildman–Crippen LogP) is 3.29. The van der Waals surface area contributed by atoms with Crippen molar-refractivity contribution in [3.63, 3.8) is 0 Å². The Kier molecular flexibility index (Phi) is 7.63. The van der Waals surface area contributed by atoms with Crippen molar-refractivity contribution in [1.29, 1.82) is 0 Å². The molecule has 1 unspecified atom stereocenters.